The molecule has 1 fully saturated rings. The van der Waals surface area contributed by atoms with Crippen LogP contribution in [0.5, 0.6) is 5.75 Å². The van der Waals surface area contributed by atoms with Crippen molar-refractivity contribution in [1.29, 1.82) is 0 Å². The minimum atomic E-state index is -0.0206. The first-order valence-electron chi connectivity index (χ1n) is 7.18. The number of rotatable bonds is 3. The van der Waals surface area contributed by atoms with Crippen molar-refractivity contribution in [2.24, 2.45) is 0 Å². The van der Waals surface area contributed by atoms with Crippen molar-refractivity contribution >= 4 is 22.4 Å². The summed E-state index contributed by atoms with van der Waals surface area (Å²) in [7, 11) is 0. The second-order valence-electron chi connectivity index (χ2n) is 5.25. The highest BCUT2D eigenvalue weighted by Gasteiger charge is 2.14. The molecule has 2 aromatic rings. The molecule has 0 aliphatic carbocycles. The lowest BCUT2D eigenvalue weighted by atomic mass is 10.1. The Labute approximate surface area is 123 Å². The second-order valence-corrected chi connectivity index (χ2v) is 5.25. The molecule has 0 bridgehead atoms. The number of nitrogens with one attached hydrogen (secondary N) is 2. The van der Waals surface area contributed by atoms with Gasteiger partial charge in [-0.2, -0.15) is 0 Å². The number of amides is 1. The van der Waals surface area contributed by atoms with Crippen LogP contribution in [0.2, 0.25) is 0 Å². The van der Waals surface area contributed by atoms with E-state index in [1.165, 1.54) is 0 Å². The van der Waals surface area contributed by atoms with Gasteiger partial charge < -0.3 is 15.7 Å². The molecule has 0 radical (unpaired) electrons. The number of piperazine rings is 1. The summed E-state index contributed by atoms with van der Waals surface area (Å²) in [6.45, 7) is 4.04. The summed E-state index contributed by atoms with van der Waals surface area (Å²) < 4.78 is 0. The summed E-state index contributed by atoms with van der Waals surface area (Å²) in [4.78, 5) is 14.3. The Morgan fingerprint density at radius 3 is 2.67 bits per heavy atom. The van der Waals surface area contributed by atoms with Crippen molar-refractivity contribution < 1.29 is 9.90 Å². The molecule has 1 aliphatic rings. The maximum Gasteiger partial charge on any atom is 0.238 e. The first-order chi connectivity index (χ1) is 10.2. The fourth-order valence-electron chi connectivity index (χ4n) is 2.66. The Hall–Kier alpha value is -2.11. The number of benzene rings is 2. The van der Waals surface area contributed by atoms with E-state index in [0.717, 1.165) is 42.6 Å². The summed E-state index contributed by atoms with van der Waals surface area (Å²) in [6, 6.07) is 10.9. The van der Waals surface area contributed by atoms with E-state index in [1.807, 2.05) is 24.3 Å². The van der Waals surface area contributed by atoms with Gasteiger partial charge >= 0.3 is 0 Å². The Kier molecular flexibility index (Phi) is 4.03. The molecule has 0 unspecified atom stereocenters. The Morgan fingerprint density at radius 2 is 1.86 bits per heavy atom. The normalized spacial score (nSPS) is 16.0. The number of nitrogens with zero attached hydrogens (tertiary/aromatic N) is 1. The Bertz CT molecular complexity index is 651. The summed E-state index contributed by atoms with van der Waals surface area (Å²) in [5, 5.41) is 17.7. The average Bonchev–Trinajstić information content (AvgIpc) is 2.49. The highest BCUT2D eigenvalue weighted by atomic mass is 16.3. The van der Waals surface area contributed by atoms with Gasteiger partial charge in [-0.25, -0.2) is 0 Å². The molecule has 0 aromatic heterocycles. The van der Waals surface area contributed by atoms with E-state index in [4.69, 9.17) is 0 Å². The molecule has 1 saturated heterocycles. The van der Waals surface area contributed by atoms with Crippen LogP contribution in [0.1, 0.15) is 0 Å². The third-order valence-corrected chi connectivity index (χ3v) is 3.75. The molecule has 2 aromatic carbocycles. The van der Waals surface area contributed by atoms with E-state index < -0.39 is 0 Å². The van der Waals surface area contributed by atoms with E-state index in [2.05, 4.69) is 15.5 Å². The predicted molar refractivity (Wildman–Crippen MR) is 83.6 cm³/mol. The maximum absolute atomic E-state index is 12.2. The molecule has 0 atom stereocenters. The zero-order valence-electron chi connectivity index (χ0n) is 11.8. The van der Waals surface area contributed by atoms with Gasteiger partial charge in [0, 0.05) is 42.6 Å². The van der Waals surface area contributed by atoms with Gasteiger partial charge in [0.05, 0.1) is 6.54 Å². The van der Waals surface area contributed by atoms with Gasteiger partial charge in [0.2, 0.25) is 5.91 Å². The van der Waals surface area contributed by atoms with Crippen LogP contribution in [0.3, 0.4) is 0 Å². The van der Waals surface area contributed by atoms with E-state index in [1.54, 1.807) is 12.1 Å². The first-order valence-corrected chi connectivity index (χ1v) is 7.18. The quantitative estimate of drug-likeness (QED) is 0.797. The highest BCUT2D eigenvalue weighted by molar-refractivity contribution is 6.04. The summed E-state index contributed by atoms with van der Waals surface area (Å²) in [5.41, 5.74) is 0.739. The molecule has 3 N–H and O–H groups in total. The standard InChI is InChI=1S/C16H19N3O2/c20-15-6-2-3-12-13(15)4-1-5-14(12)18-16(21)11-19-9-7-17-8-10-19/h1-6,17,20H,7-11H2,(H,18,21). The molecular weight excluding hydrogens is 266 g/mol. The third kappa shape index (κ3) is 3.15. The number of aromatic hydroxyl groups is 1. The fourth-order valence-corrected chi connectivity index (χ4v) is 2.66. The molecule has 110 valence electrons. The number of carbonyl (C=O) groups is 1. The number of hydrogen-bond acceptors (Lipinski definition) is 4. The monoisotopic (exact) mass is 285 g/mol. The number of phenolic OH excluding ortho intramolecular Hbond substituents is 1. The molecule has 1 aliphatic heterocycles. The van der Waals surface area contributed by atoms with Crippen molar-refractivity contribution in [3.63, 3.8) is 0 Å². The molecule has 3 rings (SSSR count). The van der Waals surface area contributed by atoms with Crippen LogP contribution in [-0.2, 0) is 4.79 Å². The molecule has 0 saturated carbocycles. The maximum atomic E-state index is 12.2. The van der Waals surface area contributed by atoms with Crippen LogP contribution < -0.4 is 10.6 Å². The summed E-state index contributed by atoms with van der Waals surface area (Å²) >= 11 is 0. The van der Waals surface area contributed by atoms with Crippen LogP contribution in [0.4, 0.5) is 5.69 Å². The van der Waals surface area contributed by atoms with E-state index in [9.17, 15) is 9.90 Å². The van der Waals surface area contributed by atoms with Gasteiger partial charge in [-0.05, 0) is 12.1 Å². The molecule has 0 spiro atoms. The van der Waals surface area contributed by atoms with Gasteiger partial charge in [-0.1, -0.05) is 24.3 Å². The SMILES string of the molecule is O=C(CN1CCNCC1)Nc1cccc2c(O)cccc12. The van der Waals surface area contributed by atoms with Crippen LogP contribution in [0.25, 0.3) is 10.8 Å². The van der Waals surface area contributed by atoms with Gasteiger partial charge in [0.25, 0.3) is 0 Å². The topological polar surface area (TPSA) is 64.6 Å². The lowest BCUT2D eigenvalue weighted by molar-refractivity contribution is -0.117. The minimum absolute atomic E-state index is 0.0206. The van der Waals surface area contributed by atoms with Crippen molar-refractivity contribution in [2.75, 3.05) is 38.0 Å². The zero-order valence-corrected chi connectivity index (χ0v) is 11.8. The molecule has 1 heterocycles. The van der Waals surface area contributed by atoms with Crippen molar-refractivity contribution in [3.8, 4) is 5.75 Å². The smallest absolute Gasteiger partial charge is 0.238 e. The first kappa shape index (κ1) is 13.9. The average molecular weight is 285 g/mol. The van der Waals surface area contributed by atoms with E-state index in [0.29, 0.717) is 6.54 Å². The molecule has 1 amide bonds. The van der Waals surface area contributed by atoms with Crippen molar-refractivity contribution in [2.45, 2.75) is 0 Å². The van der Waals surface area contributed by atoms with Gasteiger partial charge in [-0.3, -0.25) is 9.69 Å². The van der Waals surface area contributed by atoms with Crippen molar-refractivity contribution in [1.82, 2.24) is 10.2 Å². The molecular formula is C16H19N3O2. The van der Waals surface area contributed by atoms with Crippen LogP contribution >= 0.6 is 0 Å². The molecule has 5 nitrogen and oxygen atoms in total. The van der Waals surface area contributed by atoms with Crippen LogP contribution in [0.15, 0.2) is 36.4 Å². The Balaban J connectivity index is 1.75. The molecule has 5 heteroatoms. The lowest BCUT2D eigenvalue weighted by Crippen LogP contribution is -2.46. The number of carbonyl (C=O) groups excluding carboxylic acids is 1. The number of anilines is 1. The van der Waals surface area contributed by atoms with Crippen molar-refractivity contribution in [3.05, 3.63) is 36.4 Å². The third-order valence-electron chi connectivity index (χ3n) is 3.75. The predicted octanol–water partition coefficient (Wildman–Crippen LogP) is 1.39. The second kappa shape index (κ2) is 6.11. The fraction of sp³-hybridized carbons (Fsp3) is 0.312. The number of phenols is 1. The summed E-state index contributed by atoms with van der Waals surface area (Å²) in [6.07, 6.45) is 0. The van der Waals surface area contributed by atoms with Crippen LogP contribution in [0, 0.1) is 0 Å². The highest BCUT2D eigenvalue weighted by Crippen LogP contribution is 2.29. The lowest BCUT2D eigenvalue weighted by Gasteiger charge is -2.26. The van der Waals surface area contributed by atoms with Crippen LogP contribution in [-0.4, -0.2) is 48.6 Å². The van der Waals surface area contributed by atoms with E-state index >= 15 is 0 Å². The molecule has 21 heavy (non-hydrogen) atoms. The Morgan fingerprint density at radius 1 is 1.14 bits per heavy atom. The largest absolute Gasteiger partial charge is 0.507 e. The zero-order chi connectivity index (χ0) is 14.7. The van der Waals surface area contributed by atoms with Gasteiger partial charge in [0.1, 0.15) is 5.75 Å². The number of hydrogen-bond donors (Lipinski definition) is 3. The summed E-state index contributed by atoms with van der Waals surface area (Å²) in [5.74, 6) is 0.207. The minimum Gasteiger partial charge on any atom is -0.507 e. The number of fused-ring (bicyclic) bond motifs is 1. The van der Waals surface area contributed by atoms with Gasteiger partial charge in [0.15, 0.2) is 0 Å². The van der Waals surface area contributed by atoms with E-state index in [-0.39, 0.29) is 11.7 Å². The van der Waals surface area contributed by atoms with Gasteiger partial charge in [-0.15, -0.1) is 0 Å².